The minimum Gasteiger partial charge on any atom is -0.459 e. The fraction of sp³-hybridized carbons (Fsp3) is 0.900. The number of hydrogen-bond donors (Lipinski definition) is 1. The molecule has 0 aromatic carbocycles. The van der Waals surface area contributed by atoms with Gasteiger partial charge < -0.3 is 15.2 Å². The van der Waals surface area contributed by atoms with Gasteiger partial charge in [0.25, 0.3) is 0 Å². The van der Waals surface area contributed by atoms with E-state index < -0.39 is 5.60 Å². The van der Waals surface area contributed by atoms with Crippen LogP contribution in [0, 0.1) is 0 Å². The summed E-state index contributed by atoms with van der Waals surface area (Å²) in [6, 6.07) is 0. The second-order valence-electron chi connectivity index (χ2n) is 4.04. The van der Waals surface area contributed by atoms with Crippen LogP contribution in [0.4, 0.5) is 0 Å². The molecule has 0 aliphatic rings. The van der Waals surface area contributed by atoms with E-state index in [0.29, 0.717) is 25.5 Å². The van der Waals surface area contributed by atoms with Crippen molar-refractivity contribution in [1.29, 1.82) is 0 Å². The monoisotopic (exact) mass is 235 g/mol. The van der Waals surface area contributed by atoms with E-state index >= 15 is 0 Å². The summed E-state index contributed by atoms with van der Waals surface area (Å²) in [5, 5.41) is 0. The summed E-state index contributed by atoms with van der Waals surface area (Å²) in [6.45, 7) is 7.33. The Morgan fingerprint density at radius 2 is 2.00 bits per heavy atom. The van der Waals surface area contributed by atoms with E-state index in [-0.39, 0.29) is 5.97 Å². The average Bonchev–Trinajstić information content (AvgIpc) is 2.08. The number of nitrogens with two attached hydrogens (primary N) is 1. The average molecular weight is 235 g/mol. The summed E-state index contributed by atoms with van der Waals surface area (Å²) in [4.78, 5) is 11.2. The van der Waals surface area contributed by atoms with Crippen molar-refractivity contribution in [3.63, 3.8) is 0 Å². The predicted molar refractivity (Wildman–Crippen MR) is 63.0 cm³/mol. The summed E-state index contributed by atoms with van der Waals surface area (Å²) >= 11 is 1.51. The maximum Gasteiger partial charge on any atom is 0.316 e. The molecule has 0 radical (unpaired) electrons. The minimum absolute atomic E-state index is 0.175. The van der Waals surface area contributed by atoms with Crippen molar-refractivity contribution < 1.29 is 14.3 Å². The number of carbonyl (C=O) groups excluding carboxylic acids is 1. The smallest absolute Gasteiger partial charge is 0.316 e. The second-order valence-corrected chi connectivity index (χ2v) is 5.15. The largest absolute Gasteiger partial charge is 0.459 e. The van der Waals surface area contributed by atoms with Crippen LogP contribution in [0.15, 0.2) is 0 Å². The molecule has 0 aliphatic heterocycles. The van der Waals surface area contributed by atoms with Gasteiger partial charge >= 0.3 is 5.97 Å². The third-order valence-electron chi connectivity index (χ3n) is 1.27. The standard InChI is InChI=1S/C10H21NO3S/c1-10(2,3)14-9(12)8-15-7-6-13-5-4-11/h4-8,11H2,1-3H3. The molecule has 0 heterocycles. The Balaban J connectivity index is 3.32. The lowest BCUT2D eigenvalue weighted by Crippen LogP contribution is -2.25. The first-order valence-corrected chi connectivity index (χ1v) is 6.18. The number of ether oxygens (including phenoxy) is 2. The number of carbonyl (C=O) groups is 1. The van der Waals surface area contributed by atoms with Gasteiger partial charge in [-0.25, -0.2) is 0 Å². The number of hydrogen-bond acceptors (Lipinski definition) is 5. The molecule has 0 aliphatic carbocycles. The number of rotatable bonds is 7. The molecule has 0 aromatic heterocycles. The highest BCUT2D eigenvalue weighted by molar-refractivity contribution is 7.99. The summed E-state index contributed by atoms with van der Waals surface area (Å²) < 4.78 is 10.3. The first-order valence-electron chi connectivity index (χ1n) is 5.03. The van der Waals surface area contributed by atoms with Gasteiger partial charge in [0, 0.05) is 12.3 Å². The maximum absolute atomic E-state index is 11.2. The van der Waals surface area contributed by atoms with Crippen molar-refractivity contribution in [3.8, 4) is 0 Å². The highest BCUT2D eigenvalue weighted by Crippen LogP contribution is 2.09. The van der Waals surface area contributed by atoms with Gasteiger partial charge in [0.15, 0.2) is 0 Å². The molecule has 0 unspecified atom stereocenters. The Labute approximate surface area is 95.9 Å². The van der Waals surface area contributed by atoms with Crippen LogP contribution in [-0.2, 0) is 14.3 Å². The van der Waals surface area contributed by atoms with Gasteiger partial charge in [-0.1, -0.05) is 0 Å². The van der Waals surface area contributed by atoms with Gasteiger partial charge in [0.2, 0.25) is 0 Å². The topological polar surface area (TPSA) is 61.5 Å². The Morgan fingerprint density at radius 3 is 2.53 bits per heavy atom. The van der Waals surface area contributed by atoms with Crippen LogP contribution in [0.25, 0.3) is 0 Å². The number of thioether (sulfide) groups is 1. The lowest BCUT2D eigenvalue weighted by Gasteiger charge is -2.19. The molecule has 0 atom stereocenters. The van der Waals surface area contributed by atoms with E-state index in [9.17, 15) is 4.79 Å². The third kappa shape index (κ3) is 11.7. The molecule has 4 nitrogen and oxygen atoms in total. The molecule has 0 fully saturated rings. The molecule has 2 N–H and O–H groups in total. The molecule has 0 saturated carbocycles. The molecular weight excluding hydrogens is 214 g/mol. The predicted octanol–water partition coefficient (Wildman–Crippen LogP) is 1.04. The zero-order chi connectivity index (χ0) is 11.7. The van der Waals surface area contributed by atoms with Crippen LogP contribution >= 0.6 is 11.8 Å². The summed E-state index contributed by atoms with van der Waals surface area (Å²) in [7, 11) is 0. The van der Waals surface area contributed by atoms with Gasteiger partial charge in [-0.05, 0) is 20.8 Å². The van der Waals surface area contributed by atoms with Crippen LogP contribution in [0.2, 0.25) is 0 Å². The molecule has 0 amide bonds. The third-order valence-corrected chi connectivity index (χ3v) is 2.17. The molecule has 90 valence electrons. The lowest BCUT2D eigenvalue weighted by atomic mass is 10.2. The molecule has 5 heteroatoms. The first kappa shape index (κ1) is 14.7. The molecular formula is C10H21NO3S. The van der Waals surface area contributed by atoms with E-state index in [0.717, 1.165) is 5.75 Å². The fourth-order valence-corrected chi connectivity index (χ4v) is 1.44. The molecule has 0 saturated heterocycles. The maximum atomic E-state index is 11.2. The highest BCUT2D eigenvalue weighted by atomic mass is 32.2. The van der Waals surface area contributed by atoms with Gasteiger partial charge in [-0.3, -0.25) is 4.79 Å². The van der Waals surface area contributed by atoms with Crippen LogP contribution in [0.5, 0.6) is 0 Å². The van der Waals surface area contributed by atoms with Crippen LogP contribution in [0.1, 0.15) is 20.8 Å². The summed E-state index contributed by atoms with van der Waals surface area (Å²) in [5.74, 6) is 0.994. The minimum atomic E-state index is -0.395. The van der Waals surface area contributed by atoms with Crippen molar-refractivity contribution in [2.45, 2.75) is 26.4 Å². The first-order chi connectivity index (χ1) is 6.95. The van der Waals surface area contributed by atoms with Crippen molar-refractivity contribution in [1.82, 2.24) is 0 Å². The summed E-state index contributed by atoms with van der Waals surface area (Å²) in [6.07, 6.45) is 0. The SMILES string of the molecule is CC(C)(C)OC(=O)CSCCOCCN. The van der Waals surface area contributed by atoms with Crippen LogP contribution < -0.4 is 5.73 Å². The second kappa shape index (κ2) is 7.96. The number of esters is 1. The van der Waals surface area contributed by atoms with Crippen molar-refractivity contribution >= 4 is 17.7 Å². The van der Waals surface area contributed by atoms with E-state index in [2.05, 4.69) is 0 Å². The van der Waals surface area contributed by atoms with Gasteiger partial charge in [-0.15, -0.1) is 11.8 Å². The van der Waals surface area contributed by atoms with Crippen molar-refractivity contribution in [2.24, 2.45) is 5.73 Å². The molecule has 0 aromatic rings. The van der Waals surface area contributed by atoms with Gasteiger partial charge in [0.1, 0.15) is 5.60 Å². The Morgan fingerprint density at radius 1 is 1.33 bits per heavy atom. The Kier molecular flexibility index (Phi) is 7.82. The van der Waals surface area contributed by atoms with Crippen molar-refractivity contribution in [3.05, 3.63) is 0 Å². The van der Waals surface area contributed by atoms with Crippen LogP contribution in [-0.4, -0.2) is 42.8 Å². The quantitative estimate of drug-likeness (QED) is 0.527. The molecule has 0 bridgehead atoms. The zero-order valence-electron chi connectivity index (χ0n) is 9.75. The Bertz CT molecular complexity index is 180. The van der Waals surface area contributed by atoms with Crippen LogP contribution in [0.3, 0.4) is 0 Å². The summed E-state index contributed by atoms with van der Waals surface area (Å²) in [5.41, 5.74) is 4.86. The van der Waals surface area contributed by atoms with E-state index in [4.69, 9.17) is 15.2 Å². The van der Waals surface area contributed by atoms with E-state index in [1.54, 1.807) is 0 Å². The lowest BCUT2D eigenvalue weighted by molar-refractivity contribution is -0.151. The molecule has 0 spiro atoms. The van der Waals surface area contributed by atoms with E-state index in [1.165, 1.54) is 11.8 Å². The van der Waals surface area contributed by atoms with Gasteiger partial charge in [0.05, 0.1) is 19.0 Å². The Hall–Kier alpha value is -0.260. The molecule has 0 rings (SSSR count). The van der Waals surface area contributed by atoms with Crippen molar-refractivity contribution in [2.75, 3.05) is 31.3 Å². The molecule has 15 heavy (non-hydrogen) atoms. The highest BCUT2D eigenvalue weighted by Gasteiger charge is 2.15. The van der Waals surface area contributed by atoms with E-state index in [1.807, 2.05) is 20.8 Å². The normalized spacial score (nSPS) is 11.5. The fourth-order valence-electron chi connectivity index (χ4n) is 0.830. The van der Waals surface area contributed by atoms with Gasteiger partial charge in [-0.2, -0.15) is 0 Å². The zero-order valence-corrected chi connectivity index (χ0v) is 10.6.